The zero-order chi connectivity index (χ0) is 16.4. The number of nitrogens with two attached hydrogens (primary N) is 1. The van der Waals surface area contributed by atoms with Crippen LogP contribution in [0.2, 0.25) is 18.1 Å². The van der Waals surface area contributed by atoms with Gasteiger partial charge in [0.1, 0.15) is 11.8 Å². The van der Waals surface area contributed by atoms with Crippen LogP contribution in [0.15, 0.2) is 18.2 Å². The zero-order valence-corrected chi connectivity index (χ0v) is 16.4. The van der Waals surface area contributed by atoms with E-state index < -0.39 is 20.3 Å². The topological polar surface area (TPSA) is 72.5 Å². The summed E-state index contributed by atoms with van der Waals surface area (Å²) in [6, 6.07) is 4.90. The van der Waals surface area contributed by atoms with Crippen LogP contribution in [-0.4, -0.2) is 25.4 Å². The second-order valence-electron chi connectivity index (χ2n) is 6.78. The van der Waals surface area contributed by atoms with Crippen LogP contribution in [-0.2, 0) is 11.2 Å². The van der Waals surface area contributed by atoms with Crippen molar-refractivity contribution in [3.05, 3.63) is 27.3 Å². The van der Waals surface area contributed by atoms with Gasteiger partial charge in [-0.1, -0.05) is 26.8 Å². The van der Waals surface area contributed by atoms with Gasteiger partial charge in [0.25, 0.3) is 8.32 Å². The molecule has 0 aliphatic rings. The maximum Gasteiger partial charge on any atom is 0.320 e. The highest BCUT2D eigenvalue weighted by molar-refractivity contribution is 14.1. The molecule has 21 heavy (non-hydrogen) atoms. The van der Waals surface area contributed by atoms with Gasteiger partial charge in [-0.05, 0) is 64.8 Å². The molecular weight excluding hydrogens is 397 g/mol. The lowest BCUT2D eigenvalue weighted by atomic mass is 10.1. The van der Waals surface area contributed by atoms with Crippen molar-refractivity contribution >= 4 is 36.9 Å². The lowest BCUT2D eigenvalue weighted by Crippen LogP contribution is -2.44. The summed E-state index contributed by atoms with van der Waals surface area (Å²) in [6.07, 6.45) is 0.325. The summed E-state index contributed by atoms with van der Waals surface area (Å²) in [5, 5.41) is 9.00. The molecule has 0 aliphatic heterocycles. The van der Waals surface area contributed by atoms with E-state index >= 15 is 0 Å². The Hall–Kier alpha value is -0.603. The third-order valence-corrected chi connectivity index (χ3v) is 9.13. The summed E-state index contributed by atoms with van der Waals surface area (Å²) >= 11 is 2.23. The average molecular weight is 421 g/mol. The van der Waals surface area contributed by atoms with Crippen molar-refractivity contribution in [2.45, 2.75) is 51.4 Å². The van der Waals surface area contributed by atoms with Gasteiger partial charge < -0.3 is 15.3 Å². The minimum absolute atomic E-state index is 0.139. The predicted molar refractivity (Wildman–Crippen MR) is 96.3 cm³/mol. The molecule has 0 aliphatic carbocycles. The fourth-order valence-electron chi connectivity index (χ4n) is 1.52. The number of hydrogen-bond acceptors (Lipinski definition) is 3. The summed E-state index contributed by atoms with van der Waals surface area (Å²) in [4.78, 5) is 10.8. The molecule has 0 bridgehead atoms. The molecule has 1 rings (SSSR count). The van der Waals surface area contributed by atoms with Crippen LogP contribution in [0.25, 0.3) is 0 Å². The van der Waals surface area contributed by atoms with E-state index in [9.17, 15) is 4.79 Å². The fraction of sp³-hybridized carbons (Fsp3) is 0.533. The minimum atomic E-state index is -1.87. The number of benzene rings is 1. The van der Waals surface area contributed by atoms with Crippen molar-refractivity contribution in [2.75, 3.05) is 0 Å². The first kappa shape index (κ1) is 18.4. The van der Waals surface area contributed by atoms with Crippen molar-refractivity contribution in [2.24, 2.45) is 5.73 Å². The second-order valence-corrected chi connectivity index (χ2v) is 12.7. The first-order chi connectivity index (χ1) is 9.44. The van der Waals surface area contributed by atoms with Crippen molar-refractivity contribution in [3.8, 4) is 5.75 Å². The molecule has 0 aromatic heterocycles. The summed E-state index contributed by atoms with van der Waals surface area (Å²) < 4.78 is 7.28. The Morgan fingerprint density at radius 1 is 1.43 bits per heavy atom. The van der Waals surface area contributed by atoms with Crippen LogP contribution >= 0.6 is 22.6 Å². The molecule has 4 nitrogen and oxygen atoms in total. The maximum absolute atomic E-state index is 10.8. The largest absolute Gasteiger partial charge is 0.543 e. The Labute approximate surface area is 141 Å². The quantitative estimate of drug-likeness (QED) is 0.563. The fourth-order valence-corrected chi connectivity index (χ4v) is 3.45. The molecule has 0 saturated heterocycles. The summed E-state index contributed by atoms with van der Waals surface area (Å²) in [6.45, 7) is 11.0. The highest BCUT2D eigenvalue weighted by Crippen LogP contribution is 2.38. The van der Waals surface area contributed by atoms with Crippen LogP contribution in [0.4, 0.5) is 0 Å². The number of hydrogen-bond donors (Lipinski definition) is 2. The molecule has 0 spiro atoms. The number of carbonyl (C=O) groups is 1. The second kappa shape index (κ2) is 6.66. The Bertz CT molecular complexity index is 526. The van der Waals surface area contributed by atoms with E-state index in [0.717, 1.165) is 14.9 Å². The molecule has 0 radical (unpaired) electrons. The number of aliphatic carboxylic acids is 1. The lowest BCUT2D eigenvalue weighted by Gasteiger charge is -2.36. The normalized spacial score (nSPS) is 13.9. The van der Waals surface area contributed by atoms with Crippen LogP contribution in [0.5, 0.6) is 5.75 Å². The van der Waals surface area contributed by atoms with E-state index in [4.69, 9.17) is 15.3 Å². The van der Waals surface area contributed by atoms with Gasteiger partial charge in [0.05, 0.1) is 3.57 Å². The van der Waals surface area contributed by atoms with Crippen LogP contribution < -0.4 is 10.2 Å². The smallest absolute Gasteiger partial charge is 0.320 e. The van der Waals surface area contributed by atoms with Gasteiger partial charge in [0, 0.05) is 0 Å². The summed E-state index contributed by atoms with van der Waals surface area (Å²) in [7, 11) is -1.87. The molecule has 1 aromatic rings. The van der Waals surface area contributed by atoms with E-state index in [1.165, 1.54) is 0 Å². The Kier molecular flexibility index (Phi) is 5.85. The lowest BCUT2D eigenvalue weighted by molar-refractivity contribution is -0.138. The van der Waals surface area contributed by atoms with Gasteiger partial charge in [-0.3, -0.25) is 4.79 Å². The third kappa shape index (κ3) is 4.96. The number of carboxylic acids is 1. The Morgan fingerprint density at radius 2 is 2.00 bits per heavy atom. The molecule has 3 N–H and O–H groups in total. The van der Waals surface area contributed by atoms with E-state index in [2.05, 4.69) is 56.5 Å². The Morgan fingerprint density at radius 3 is 2.43 bits per heavy atom. The van der Waals surface area contributed by atoms with Gasteiger partial charge in [0.15, 0.2) is 0 Å². The summed E-state index contributed by atoms with van der Waals surface area (Å²) in [5.41, 5.74) is 6.48. The third-order valence-electron chi connectivity index (χ3n) is 3.94. The first-order valence-corrected chi connectivity index (χ1v) is 10.9. The van der Waals surface area contributed by atoms with Gasteiger partial charge >= 0.3 is 5.97 Å². The van der Waals surface area contributed by atoms with Crippen LogP contribution in [0.3, 0.4) is 0 Å². The van der Waals surface area contributed by atoms with Crippen LogP contribution in [0, 0.1) is 3.57 Å². The van der Waals surface area contributed by atoms with Crippen molar-refractivity contribution < 1.29 is 14.3 Å². The van der Waals surface area contributed by atoms with Gasteiger partial charge in [-0.15, -0.1) is 0 Å². The van der Waals surface area contributed by atoms with Crippen molar-refractivity contribution in [3.63, 3.8) is 0 Å². The SMILES string of the molecule is CC(C)(C)[Si](C)(C)Oc1ccc(C[C@H](N)C(=O)O)cc1I. The van der Waals surface area contributed by atoms with Gasteiger partial charge in [-0.2, -0.15) is 0 Å². The van der Waals surface area contributed by atoms with E-state index in [0.29, 0.717) is 6.42 Å². The number of carboxylic acid groups (broad SMARTS) is 1. The molecule has 0 heterocycles. The predicted octanol–water partition coefficient (Wildman–Crippen LogP) is 3.63. The molecule has 118 valence electrons. The highest BCUT2D eigenvalue weighted by Gasteiger charge is 2.39. The molecule has 0 fully saturated rings. The standard InChI is InChI=1S/C15H24INO3Si/c1-15(2,3)21(4,5)20-13-7-6-10(8-11(13)16)9-12(17)14(18)19/h6-8,12H,9,17H2,1-5H3,(H,18,19)/t12-/m0/s1. The van der Waals surface area contributed by atoms with Crippen molar-refractivity contribution in [1.82, 2.24) is 0 Å². The van der Waals surface area contributed by atoms with E-state index in [-0.39, 0.29) is 5.04 Å². The average Bonchev–Trinajstić information content (AvgIpc) is 2.30. The molecule has 0 saturated carbocycles. The van der Waals surface area contributed by atoms with Gasteiger partial charge in [-0.25, -0.2) is 0 Å². The monoisotopic (exact) mass is 421 g/mol. The molecule has 1 atom stereocenters. The maximum atomic E-state index is 10.8. The van der Waals surface area contributed by atoms with Crippen molar-refractivity contribution in [1.29, 1.82) is 0 Å². The number of halogens is 1. The van der Waals surface area contributed by atoms with Crippen LogP contribution in [0.1, 0.15) is 26.3 Å². The number of rotatable bonds is 5. The van der Waals surface area contributed by atoms with E-state index in [1.807, 2.05) is 18.2 Å². The minimum Gasteiger partial charge on any atom is -0.543 e. The molecule has 0 unspecified atom stereocenters. The molecule has 0 amide bonds. The van der Waals surface area contributed by atoms with E-state index in [1.54, 1.807) is 0 Å². The summed E-state index contributed by atoms with van der Waals surface area (Å²) in [5.74, 6) is -0.110. The highest BCUT2D eigenvalue weighted by atomic mass is 127. The molecule has 6 heteroatoms. The molecule has 1 aromatic carbocycles. The Balaban J connectivity index is 2.91. The zero-order valence-electron chi connectivity index (χ0n) is 13.2. The first-order valence-electron chi connectivity index (χ1n) is 6.90. The van der Waals surface area contributed by atoms with Gasteiger partial charge in [0.2, 0.25) is 0 Å². The molecular formula is C15H24INO3Si.